The topological polar surface area (TPSA) is 42.0 Å². The Morgan fingerprint density at radius 1 is 1.16 bits per heavy atom. The molecule has 0 aliphatic carbocycles. The number of pyridine rings is 1. The Balaban J connectivity index is 2.10. The van der Waals surface area contributed by atoms with E-state index in [1.54, 1.807) is 12.4 Å². The molecular weight excluding hydrogens is 236 g/mol. The number of carbonyl (C=O) groups is 1. The second kappa shape index (κ2) is 6.14. The number of nitrogens with zero attached hydrogens (tertiary/aromatic N) is 1. The summed E-state index contributed by atoms with van der Waals surface area (Å²) >= 11 is 0. The zero-order chi connectivity index (χ0) is 13.7. The van der Waals surface area contributed by atoms with Gasteiger partial charge in [-0.15, -0.1) is 0 Å². The van der Waals surface area contributed by atoms with Gasteiger partial charge in [-0.25, -0.2) is 0 Å². The molecule has 0 aliphatic rings. The molecule has 0 radical (unpaired) electrons. The highest BCUT2D eigenvalue weighted by molar-refractivity contribution is 5.77. The van der Waals surface area contributed by atoms with Crippen LogP contribution in [0.25, 0.3) is 11.1 Å². The average Bonchev–Trinajstić information content (AvgIpc) is 2.46. The molecule has 1 amide bonds. The standard InChI is InChI=1S/C16H18N2O/c1-12(2)16(19)18-11-13-4-3-5-15(10-13)14-6-8-17-9-7-14/h3-10,12H,11H2,1-2H3,(H,18,19). The summed E-state index contributed by atoms with van der Waals surface area (Å²) in [5.41, 5.74) is 3.37. The molecular formula is C16H18N2O. The first-order valence-electron chi connectivity index (χ1n) is 6.44. The third-order valence-electron chi connectivity index (χ3n) is 2.93. The fourth-order valence-corrected chi connectivity index (χ4v) is 1.80. The van der Waals surface area contributed by atoms with Crippen LogP contribution in [0.15, 0.2) is 48.8 Å². The van der Waals surface area contributed by atoms with Gasteiger partial charge in [-0.1, -0.05) is 32.0 Å². The van der Waals surface area contributed by atoms with Crippen molar-refractivity contribution in [2.24, 2.45) is 5.92 Å². The first-order chi connectivity index (χ1) is 9.16. The fourth-order valence-electron chi connectivity index (χ4n) is 1.80. The lowest BCUT2D eigenvalue weighted by molar-refractivity contribution is -0.124. The van der Waals surface area contributed by atoms with Crippen molar-refractivity contribution < 1.29 is 4.79 Å². The summed E-state index contributed by atoms with van der Waals surface area (Å²) in [7, 11) is 0. The minimum Gasteiger partial charge on any atom is -0.352 e. The maximum absolute atomic E-state index is 11.6. The van der Waals surface area contributed by atoms with Gasteiger partial charge in [0.05, 0.1) is 0 Å². The van der Waals surface area contributed by atoms with E-state index in [0.29, 0.717) is 6.54 Å². The molecule has 0 atom stereocenters. The first-order valence-corrected chi connectivity index (χ1v) is 6.44. The van der Waals surface area contributed by atoms with Crippen LogP contribution < -0.4 is 5.32 Å². The number of rotatable bonds is 4. The van der Waals surface area contributed by atoms with Gasteiger partial charge in [-0.2, -0.15) is 0 Å². The van der Waals surface area contributed by atoms with Crippen molar-refractivity contribution in [3.63, 3.8) is 0 Å². The number of aromatic nitrogens is 1. The molecule has 98 valence electrons. The fraction of sp³-hybridized carbons (Fsp3) is 0.250. The van der Waals surface area contributed by atoms with Crippen LogP contribution in [0.1, 0.15) is 19.4 Å². The third-order valence-corrected chi connectivity index (χ3v) is 2.93. The lowest BCUT2D eigenvalue weighted by Gasteiger charge is -2.09. The Labute approximate surface area is 113 Å². The largest absolute Gasteiger partial charge is 0.352 e. The monoisotopic (exact) mass is 254 g/mol. The van der Waals surface area contributed by atoms with Crippen molar-refractivity contribution in [1.29, 1.82) is 0 Å². The second-order valence-corrected chi connectivity index (χ2v) is 4.81. The maximum Gasteiger partial charge on any atom is 0.222 e. The van der Waals surface area contributed by atoms with Crippen LogP contribution >= 0.6 is 0 Å². The van der Waals surface area contributed by atoms with Gasteiger partial charge in [0.25, 0.3) is 0 Å². The molecule has 1 N–H and O–H groups in total. The van der Waals surface area contributed by atoms with E-state index in [9.17, 15) is 4.79 Å². The summed E-state index contributed by atoms with van der Waals surface area (Å²) < 4.78 is 0. The predicted molar refractivity (Wildman–Crippen MR) is 76.4 cm³/mol. The molecule has 3 nitrogen and oxygen atoms in total. The van der Waals surface area contributed by atoms with Crippen LogP contribution in [-0.2, 0) is 11.3 Å². The normalized spacial score (nSPS) is 10.5. The highest BCUT2D eigenvalue weighted by atomic mass is 16.1. The molecule has 19 heavy (non-hydrogen) atoms. The Hall–Kier alpha value is -2.16. The lowest BCUT2D eigenvalue weighted by Crippen LogP contribution is -2.27. The van der Waals surface area contributed by atoms with Crippen LogP contribution in [-0.4, -0.2) is 10.9 Å². The molecule has 2 rings (SSSR count). The van der Waals surface area contributed by atoms with Gasteiger partial charge >= 0.3 is 0 Å². The summed E-state index contributed by atoms with van der Waals surface area (Å²) in [5.74, 6) is 0.0951. The average molecular weight is 254 g/mol. The van der Waals surface area contributed by atoms with E-state index in [2.05, 4.69) is 22.4 Å². The SMILES string of the molecule is CC(C)C(=O)NCc1cccc(-c2ccncc2)c1. The Morgan fingerprint density at radius 3 is 2.58 bits per heavy atom. The molecule has 0 spiro atoms. The first kappa shape index (κ1) is 13.3. The predicted octanol–water partition coefficient (Wildman–Crippen LogP) is 3.02. The number of hydrogen-bond donors (Lipinski definition) is 1. The summed E-state index contributed by atoms with van der Waals surface area (Å²) in [4.78, 5) is 15.6. The van der Waals surface area contributed by atoms with E-state index in [1.165, 1.54) is 0 Å². The van der Waals surface area contributed by atoms with Crippen molar-refractivity contribution >= 4 is 5.91 Å². The van der Waals surface area contributed by atoms with E-state index < -0.39 is 0 Å². The lowest BCUT2D eigenvalue weighted by atomic mass is 10.0. The van der Waals surface area contributed by atoms with E-state index in [0.717, 1.165) is 16.7 Å². The quantitative estimate of drug-likeness (QED) is 0.911. The minimum atomic E-state index is 0.0170. The number of hydrogen-bond acceptors (Lipinski definition) is 2. The molecule has 0 unspecified atom stereocenters. The molecule has 3 heteroatoms. The van der Waals surface area contributed by atoms with Crippen LogP contribution in [0, 0.1) is 5.92 Å². The smallest absolute Gasteiger partial charge is 0.222 e. The summed E-state index contributed by atoms with van der Waals surface area (Å²) in [6.45, 7) is 4.35. The third kappa shape index (κ3) is 3.65. The van der Waals surface area contributed by atoms with Gasteiger partial charge in [-0.3, -0.25) is 9.78 Å². The van der Waals surface area contributed by atoms with E-state index in [-0.39, 0.29) is 11.8 Å². The number of nitrogens with one attached hydrogen (secondary N) is 1. The molecule has 0 aliphatic heterocycles. The van der Waals surface area contributed by atoms with Crippen LogP contribution in [0.5, 0.6) is 0 Å². The molecule has 0 saturated heterocycles. The molecule has 0 saturated carbocycles. The van der Waals surface area contributed by atoms with Gasteiger partial charge in [0.2, 0.25) is 5.91 Å². The molecule has 2 aromatic rings. The summed E-state index contributed by atoms with van der Waals surface area (Å²) in [5, 5.41) is 2.93. The van der Waals surface area contributed by atoms with Gasteiger partial charge in [0.15, 0.2) is 0 Å². The molecule has 0 fully saturated rings. The van der Waals surface area contributed by atoms with Crippen molar-refractivity contribution in [1.82, 2.24) is 10.3 Å². The van der Waals surface area contributed by atoms with Gasteiger partial charge in [-0.05, 0) is 34.9 Å². The Bertz CT molecular complexity index is 550. The summed E-state index contributed by atoms with van der Waals surface area (Å²) in [6, 6.07) is 12.1. The van der Waals surface area contributed by atoms with Crippen LogP contribution in [0.4, 0.5) is 0 Å². The Kier molecular flexibility index (Phi) is 4.29. The van der Waals surface area contributed by atoms with Crippen LogP contribution in [0.3, 0.4) is 0 Å². The van der Waals surface area contributed by atoms with E-state index in [1.807, 2.05) is 38.1 Å². The second-order valence-electron chi connectivity index (χ2n) is 4.81. The molecule has 1 aromatic heterocycles. The van der Waals surface area contributed by atoms with Crippen molar-refractivity contribution in [3.05, 3.63) is 54.4 Å². The number of benzene rings is 1. The number of amides is 1. The van der Waals surface area contributed by atoms with Gasteiger partial charge in [0.1, 0.15) is 0 Å². The van der Waals surface area contributed by atoms with Crippen molar-refractivity contribution in [3.8, 4) is 11.1 Å². The van der Waals surface area contributed by atoms with Crippen molar-refractivity contribution in [2.75, 3.05) is 0 Å². The van der Waals surface area contributed by atoms with E-state index >= 15 is 0 Å². The van der Waals surface area contributed by atoms with Gasteiger partial charge in [0, 0.05) is 24.9 Å². The molecule has 0 bridgehead atoms. The summed E-state index contributed by atoms with van der Waals surface area (Å²) in [6.07, 6.45) is 3.56. The highest BCUT2D eigenvalue weighted by Crippen LogP contribution is 2.19. The zero-order valence-corrected chi connectivity index (χ0v) is 11.3. The Morgan fingerprint density at radius 2 is 1.89 bits per heavy atom. The highest BCUT2D eigenvalue weighted by Gasteiger charge is 2.06. The molecule has 1 heterocycles. The van der Waals surface area contributed by atoms with Gasteiger partial charge < -0.3 is 5.32 Å². The maximum atomic E-state index is 11.6. The zero-order valence-electron chi connectivity index (χ0n) is 11.3. The van der Waals surface area contributed by atoms with Crippen molar-refractivity contribution in [2.45, 2.75) is 20.4 Å². The van der Waals surface area contributed by atoms with E-state index in [4.69, 9.17) is 0 Å². The molecule has 1 aromatic carbocycles. The van der Waals surface area contributed by atoms with Crippen LogP contribution in [0.2, 0.25) is 0 Å². The minimum absolute atomic E-state index is 0.0170. The number of carbonyl (C=O) groups excluding carboxylic acids is 1.